The Balaban J connectivity index is 2.46. The second-order valence-corrected chi connectivity index (χ2v) is 6.59. The first-order valence-electron chi connectivity index (χ1n) is 6.01. The van der Waals surface area contributed by atoms with E-state index < -0.39 is 22.4 Å². The van der Waals surface area contributed by atoms with E-state index >= 15 is 0 Å². The molecule has 0 aromatic carbocycles. The van der Waals surface area contributed by atoms with Gasteiger partial charge in [-0.05, 0) is 25.7 Å². The molecular formula is C10H23N3O3S. The van der Waals surface area contributed by atoms with Crippen LogP contribution in [0.5, 0.6) is 0 Å². The van der Waals surface area contributed by atoms with E-state index in [-0.39, 0.29) is 6.54 Å². The standard InChI is InChI=1S/C10H23N3O3S/c1-8-3-5-13(6-4-8)17(15,16)12-7-10(11)9(2)14/h8-10,12,14H,3-7,11H2,1-2H3. The van der Waals surface area contributed by atoms with Crippen LogP contribution in [0.4, 0.5) is 0 Å². The molecule has 102 valence electrons. The van der Waals surface area contributed by atoms with E-state index in [1.807, 2.05) is 0 Å². The first-order chi connectivity index (χ1) is 7.83. The zero-order chi connectivity index (χ0) is 13.1. The van der Waals surface area contributed by atoms with Crippen molar-refractivity contribution in [2.75, 3.05) is 19.6 Å². The number of piperidine rings is 1. The predicted molar refractivity (Wildman–Crippen MR) is 66.5 cm³/mol. The summed E-state index contributed by atoms with van der Waals surface area (Å²) in [5.41, 5.74) is 5.58. The quantitative estimate of drug-likeness (QED) is 0.610. The number of nitrogens with two attached hydrogens (primary N) is 1. The monoisotopic (exact) mass is 265 g/mol. The van der Waals surface area contributed by atoms with Crippen LogP contribution in [0, 0.1) is 5.92 Å². The van der Waals surface area contributed by atoms with Crippen LogP contribution in [0.1, 0.15) is 26.7 Å². The van der Waals surface area contributed by atoms with Gasteiger partial charge in [0.2, 0.25) is 0 Å². The average molecular weight is 265 g/mol. The molecule has 0 radical (unpaired) electrons. The molecule has 0 bridgehead atoms. The van der Waals surface area contributed by atoms with Gasteiger partial charge in [-0.15, -0.1) is 0 Å². The third-order valence-corrected chi connectivity index (χ3v) is 4.78. The van der Waals surface area contributed by atoms with Crippen molar-refractivity contribution in [2.24, 2.45) is 11.7 Å². The Bertz CT molecular complexity index is 324. The van der Waals surface area contributed by atoms with Crippen LogP contribution in [0.25, 0.3) is 0 Å². The molecule has 7 heteroatoms. The average Bonchev–Trinajstić information content (AvgIpc) is 2.26. The Morgan fingerprint density at radius 3 is 2.47 bits per heavy atom. The van der Waals surface area contributed by atoms with Crippen molar-refractivity contribution in [3.05, 3.63) is 0 Å². The van der Waals surface area contributed by atoms with Crippen LogP contribution in [0.2, 0.25) is 0 Å². The number of nitrogens with one attached hydrogen (secondary N) is 1. The van der Waals surface area contributed by atoms with E-state index in [0.717, 1.165) is 12.8 Å². The summed E-state index contributed by atoms with van der Waals surface area (Å²) in [6, 6.07) is -0.575. The molecule has 0 aromatic heterocycles. The Labute approximate surface area is 103 Å². The van der Waals surface area contributed by atoms with E-state index in [4.69, 9.17) is 5.73 Å². The van der Waals surface area contributed by atoms with Gasteiger partial charge in [-0.1, -0.05) is 6.92 Å². The summed E-state index contributed by atoms with van der Waals surface area (Å²) in [5, 5.41) is 9.19. The normalized spacial score (nSPS) is 23.5. The van der Waals surface area contributed by atoms with Crippen molar-refractivity contribution < 1.29 is 13.5 Å². The summed E-state index contributed by atoms with van der Waals surface area (Å²) in [5.74, 6) is 0.584. The maximum absolute atomic E-state index is 11.9. The Hall–Kier alpha value is -0.210. The lowest BCUT2D eigenvalue weighted by Crippen LogP contribution is -2.50. The molecule has 1 saturated heterocycles. The van der Waals surface area contributed by atoms with E-state index in [2.05, 4.69) is 11.6 Å². The minimum Gasteiger partial charge on any atom is -0.392 e. The Morgan fingerprint density at radius 2 is 2.00 bits per heavy atom. The van der Waals surface area contributed by atoms with Crippen LogP contribution in [-0.2, 0) is 10.2 Å². The fraction of sp³-hybridized carbons (Fsp3) is 1.00. The highest BCUT2D eigenvalue weighted by molar-refractivity contribution is 7.87. The van der Waals surface area contributed by atoms with Crippen molar-refractivity contribution in [1.82, 2.24) is 9.03 Å². The fourth-order valence-corrected chi connectivity index (χ4v) is 2.97. The first kappa shape index (κ1) is 14.8. The van der Waals surface area contributed by atoms with Crippen molar-refractivity contribution in [2.45, 2.75) is 38.8 Å². The lowest BCUT2D eigenvalue weighted by atomic mass is 10.0. The summed E-state index contributed by atoms with van der Waals surface area (Å²) >= 11 is 0. The van der Waals surface area contributed by atoms with E-state index in [0.29, 0.717) is 19.0 Å². The summed E-state index contributed by atoms with van der Waals surface area (Å²) in [4.78, 5) is 0. The summed E-state index contributed by atoms with van der Waals surface area (Å²) in [7, 11) is -3.44. The van der Waals surface area contributed by atoms with Crippen molar-refractivity contribution in [3.63, 3.8) is 0 Å². The second-order valence-electron chi connectivity index (χ2n) is 4.84. The van der Waals surface area contributed by atoms with Crippen molar-refractivity contribution in [1.29, 1.82) is 0 Å². The van der Waals surface area contributed by atoms with Gasteiger partial charge < -0.3 is 10.8 Å². The summed E-state index contributed by atoms with van der Waals surface area (Å²) in [6.45, 7) is 4.84. The van der Waals surface area contributed by atoms with Crippen LogP contribution in [-0.4, -0.2) is 49.6 Å². The van der Waals surface area contributed by atoms with Gasteiger partial charge in [-0.2, -0.15) is 12.7 Å². The number of hydrogen-bond donors (Lipinski definition) is 3. The smallest absolute Gasteiger partial charge is 0.279 e. The molecule has 0 saturated carbocycles. The predicted octanol–water partition coefficient (Wildman–Crippen LogP) is -0.739. The molecule has 1 rings (SSSR count). The van der Waals surface area contributed by atoms with Crippen LogP contribution in [0.15, 0.2) is 0 Å². The maximum atomic E-state index is 11.9. The summed E-state index contributed by atoms with van der Waals surface area (Å²) in [6.07, 6.45) is 1.06. The molecular weight excluding hydrogens is 242 g/mol. The van der Waals surface area contributed by atoms with Gasteiger partial charge in [0.05, 0.1) is 6.10 Å². The fourth-order valence-electron chi connectivity index (χ4n) is 1.69. The number of rotatable bonds is 5. The number of nitrogens with zero attached hydrogens (tertiary/aromatic N) is 1. The summed E-state index contributed by atoms with van der Waals surface area (Å²) < 4.78 is 27.7. The van der Waals surface area contributed by atoms with Gasteiger partial charge >= 0.3 is 0 Å². The minimum atomic E-state index is -3.44. The second kappa shape index (κ2) is 6.10. The first-order valence-corrected chi connectivity index (χ1v) is 7.45. The van der Waals surface area contributed by atoms with Gasteiger partial charge in [0, 0.05) is 25.7 Å². The maximum Gasteiger partial charge on any atom is 0.279 e. The molecule has 2 atom stereocenters. The van der Waals surface area contributed by atoms with Crippen molar-refractivity contribution >= 4 is 10.2 Å². The zero-order valence-corrected chi connectivity index (χ0v) is 11.3. The lowest BCUT2D eigenvalue weighted by Gasteiger charge is -2.30. The van der Waals surface area contributed by atoms with Gasteiger partial charge in [-0.25, -0.2) is 4.72 Å². The number of aliphatic hydroxyl groups excluding tert-OH is 1. The van der Waals surface area contributed by atoms with E-state index in [1.165, 1.54) is 4.31 Å². The Morgan fingerprint density at radius 1 is 1.47 bits per heavy atom. The third kappa shape index (κ3) is 4.51. The largest absolute Gasteiger partial charge is 0.392 e. The molecule has 1 fully saturated rings. The molecule has 6 nitrogen and oxygen atoms in total. The third-order valence-electron chi connectivity index (χ3n) is 3.20. The van der Waals surface area contributed by atoms with Gasteiger partial charge in [0.15, 0.2) is 0 Å². The SMILES string of the molecule is CC1CCN(S(=O)(=O)NCC(N)C(C)O)CC1. The molecule has 2 unspecified atom stereocenters. The van der Waals surface area contributed by atoms with Crippen LogP contribution in [0.3, 0.4) is 0 Å². The molecule has 1 aliphatic heterocycles. The topological polar surface area (TPSA) is 95.7 Å². The molecule has 0 aromatic rings. The van der Waals surface area contributed by atoms with E-state index in [9.17, 15) is 13.5 Å². The molecule has 1 aliphatic rings. The van der Waals surface area contributed by atoms with Crippen molar-refractivity contribution in [3.8, 4) is 0 Å². The van der Waals surface area contributed by atoms with Crippen LogP contribution < -0.4 is 10.5 Å². The number of aliphatic hydroxyl groups is 1. The highest BCUT2D eigenvalue weighted by Crippen LogP contribution is 2.17. The Kier molecular flexibility index (Phi) is 5.33. The zero-order valence-electron chi connectivity index (χ0n) is 10.5. The highest BCUT2D eigenvalue weighted by atomic mass is 32.2. The minimum absolute atomic E-state index is 0.0616. The van der Waals surface area contributed by atoms with Crippen LogP contribution >= 0.6 is 0 Å². The number of hydrogen-bond acceptors (Lipinski definition) is 4. The van der Waals surface area contributed by atoms with Gasteiger partial charge in [0.1, 0.15) is 0 Å². The molecule has 0 aliphatic carbocycles. The van der Waals surface area contributed by atoms with E-state index in [1.54, 1.807) is 6.92 Å². The molecule has 4 N–H and O–H groups in total. The van der Waals surface area contributed by atoms with Gasteiger partial charge in [-0.3, -0.25) is 0 Å². The molecule has 1 heterocycles. The molecule has 0 amide bonds. The molecule has 0 spiro atoms. The highest BCUT2D eigenvalue weighted by Gasteiger charge is 2.26. The van der Waals surface area contributed by atoms with Gasteiger partial charge in [0.25, 0.3) is 10.2 Å². The molecule has 17 heavy (non-hydrogen) atoms. The lowest BCUT2D eigenvalue weighted by molar-refractivity contribution is 0.164.